The number of thioether (sulfide) groups is 1. The summed E-state index contributed by atoms with van der Waals surface area (Å²) in [6, 6.07) is 7.34. The van der Waals surface area contributed by atoms with Gasteiger partial charge in [0.2, 0.25) is 11.8 Å². The van der Waals surface area contributed by atoms with Crippen LogP contribution in [0.5, 0.6) is 0 Å². The molecule has 0 radical (unpaired) electrons. The third kappa shape index (κ3) is 4.03. The smallest absolute Gasteiger partial charge is 0.243 e. The number of nitrogens with zero attached hydrogens (tertiary/aromatic N) is 1. The van der Waals surface area contributed by atoms with Crippen LogP contribution in [-0.2, 0) is 16.0 Å². The molecule has 1 heterocycles. The molecule has 1 aliphatic rings. The molecular formula is C17H24N2O2S. The van der Waals surface area contributed by atoms with Gasteiger partial charge in [-0.15, -0.1) is 0 Å². The van der Waals surface area contributed by atoms with Gasteiger partial charge in [0.1, 0.15) is 6.04 Å². The maximum Gasteiger partial charge on any atom is 0.243 e. The van der Waals surface area contributed by atoms with E-state index in [1.165, 1.54) is 19.1 Å². The summed E-state index contributed by atoms with van der Waals surface area (Å²) in [6.45, 7) is 4.36. The van der Waals surface area contributed by atoms with Crippen molar-refractivity contribution in [2.75, 3.05) is 23.0 Å². The van der Waals surface area contributed by atoms with Gasteiger partial charge in [-0.2, -0.15) is 11.8 Å². The van der Waals surface area contributed by atoms with Gasteiger partial charge < -0.3 is 5.32 Å². The highest BCUT2D eigenvalue weighted by atomic mass is 32.2. The lowest BCUT2D eigenvalue weighted by Gasteiger charge is -2.23. The molecule has 1 atom stereocenters. The average molecular weight is 320 g/mol. The molecule has 0 bridgehead atoms. The van der Waals surface area contributed by atoms with Crippen molar-refractivity contribution in [1.29, 1.82) is 0 Å². The molecule has 1 N–H and O–H groups in total. The summed E-state index contributed by atoms with van der Waals surface area (Å²) in [6.07, 6.45) is 2.76. The Morgan fingerprint density at radius 2 is 2.09 bits per heavy atom. The predicted octanol–water partition coefficient (Wildman–Crippen LogP) is 2.61. The summed E-state index contributed by atoms with van der Waals surface area (Å²) in [4.78, 5) is 25.9. The van der Waals surface area contributed by atoms with Crippen LogP contribution in [0, 0.1) is 0 Å². The van der Waals surface area contributed by atoms with E-state index >= 15 is 0 Å². The number of carbonyl (C=O) groups is 2. The van der Waals surface area contributed by atoms with Crippen molar-refractivity contribution in [3.8, 4) is 0 Å². The van der Waals surface area contributed by atoms with Gasteiger partial charge >= 0.3 is 0 Å². The lowest BCUT2D eigenvalue weighted by atomic mass is 10.1. The molecule has 2 amide bonds. The van der Waals surface area contributed by atoms with E-state index in [1.54, 1.807) is 4.90 Å². The number of para-hydroxylation sites is 1. The van der Waals surface area contributed by atoms with E-state index in [4.69, 9.17) is 0 Å². The van der Waals surface area contributed by atoms with Gasteiger partial charge in [0.15, 0.2) is 0 Å². The monoisotopic (exact) mass is 320 g/mol. The second-order valence-corrected chi connectivity index (χ2v) is 6.72. The van der Waals surface area contributed by atoms with E-state index in [-0.39, 0.29) is 11.8 Å². The molecule has 0 fully saturated rings. The minimum absolute atomic E-state index is 0.0492. The Labute approximate surface area is 136 Å². The minimum Gasteiger partial charge on any atom is -0.354 e. The molecule has 2 rings (SSSR count). The van der Waals surface area contributed by atoms with E-state index in [0.717, 1.165) is 23.4 Å². The van der Waals surface area contributed by atoms with Crippen LogP contribution in [-0.4, -0.2) is 35.9 Å². The summed E-state index contributed by atoms with van der Waals surface area (Å²) in [5.74, 6) is 2.11. The predicted molar refractivity (Wildman–Crippen MR) is 92.3 cm³/mol. The standard InChI is InChI=1S/C17H24N2O2S/c1-3-10-22-11-6-9-18-17(21)16-12-14-7-4-5-8-15(14)19(16)13(2)20/h4-5,7-8,16H,3,6,9-12H2,1-2H3,(H,18,21)/t16-/m1/s1. The zero-order chi connectivity index (χ0) is 15.9. The highest BCUT2D eigenvalue weighted by molar-refractivity contribution is 7.99. The van der Waals surface area contributed by atoms with Crippen LogP contribution in [0.3, 0.4) is 0 Å². The Hall–Kier alpha value is -1.49. The SMILES string of the molecule is CCCSCCCNC(=O)[C@H]1Cc2ccccc2N1C(C)=O. The van der Waals surface area contributed by atoms with Crippen molar-refractivity contribution >= 4 is 29.3 Å². The van der Waals surface area contributed by atoms with Gasteiger partial charge in [-0.1, -0.05) is 25.1 Å². The molecule has 1 aromatic rings. The first-order chi connectivity index (χ1) is 10.6. The first kappa shape index (κ1) is 16.9. The van der Waals surface area contributed by atoms with E-state index in [9.17, 15) is 9.59 Å². The first-order valence-electron chi connectivity index (χ1n) is 7.88. The average Bonchev–Trinajstić information content (AvgIpc) is 2.90. The number of rotatable bonds is 7. The molecule has 0 aliphatic carbocycles. The van der Waals surface area contributed by atoms with Crippen molar-refractivity contribution in [2.24, 2.45) is 0 Å². The Morgan fingerprint density at radius 3 is 2.82 bits per heavy atom. The van der Waals surface area contributed by atoms with E-state index in [0.29, 0.717) is 13.0 Å². The number of benzene rings is 1. The molecule has 0 saturated carbocycles. The maximum atomic E-state index is 12.4. The molecular weight excluding hydrogens is 296 g/mol. The fraction of sp³-hybridized carbons (Fsp3) is 0.529. The highest BCUT2D eigenvalue weighted by Gasteiger charge is 2.36. The summed E-state index contributed by atoms with van der Waals surface area (Å²) in [5.41, 5.74) is 1.94. The molecule has 1 aromatic carbocycles. The molecule has 4 nitrogen and oxygen atoms in total. The van der Waals surface area contributed by atoms with Gasteiger partial charge in [-0.25, -0.2) is 0 Å². The van der Waals surface area contributed by atoms with Crippen molar-refractivity contribution in [1.82, 2.24) is 5.32 Å². The third-order valence-corrected chi connectivity index (χ3v) is 5.01. The fourth-order valence-electron chi connectivity index (χ4n) is 2.74. The number of hydrogen-bond acceptors (Lipinski definition) is 3. The number of nitrogens with one attached hydrogen (secondary N) is 1. The van der Waals surface area contributed by atoms with Gasteiger partial charge in [-0.05, 0) is 36.0 Å². The second kappa shape index (κ2) is 8.22. The lowest BCUT2D eigenvalue weighted by molar-refractivity contribution is -0.125. The molecule has 120 valence electrons. The summed E-state index contributed by atoms with van der Waals surface area (Å²) >= 11 is 1.92. The Kier molecular flexibility index (Phi) is 6.31. The van der Waals surface area contributed by atoms with E-state index < -0.39 is 6.04 Å². The van der Waals surface area contributed by atoms with E-state index in [1.807, 2.05) is 36.0 Å². The summed E-state index contributed by atoms with van der Waals surface area (Å²) < 4.78 is 0. The third-order valence-electron chi connectivity index (χ3n) is 3.73. The Bertz CT molecular complexity index is 533. The minimum atomic E-state index is -0.404. The lowest BCUT2D eigenvalue weighted by Crippen LogP contribution is -2.47. The van der Waals surface area contributed by atoms with Crippen molar-refractivity contribution < 1.29 is 9.59 Å². The highest BCUT2D eigenvalue weighted by Crippen LogP contribution is 2.32. The zero-order valence-corrected chi connectivity index (χ0v) is 14.1. The number of carbonyl (C=O) groups excluding carboxylic acids is 2. The van der Waals surface area contributed by atoms with Crippen LogP contribution in [0.2, 0.25) is 0 Å². The Morgan fingerprint density at radius 1 is 1.32 bits per heavy atom. The zero-order valence-electron chi connectivity index (χ0n) is 13.3. The number of hydrogen-bond donors (Lipinski definition) is 1. The summed E-state index contributed by atoms with van der Waals surface area (Å²) in [5, 5.41) is 2.98. The topological polar surface area (TPSA) is 49.4 Å². The molecule has 1 aliphatic heterocycles. The molecule has 0 aromatic heterocycles. The quantitative estimate of drug-likeness (QED) is 0.786. The maximum absolute atomic E-state index is 12.4. The van der Waals surface area contributed by atoms with Gasteiger partial charge in [0.25, 0.3) is 0 Å². The second-order valence-electron chi connectivity index (χ2n) is 5.49. The Balaban J connectivity index is 1.89. The number of amides is 2. The number of anilines is 1. The van der Waals surface area contributed by atoms with Crippen LogP contribution in [0.15, 0.2) is 24.3 Å². The molecule has 22 heavy (non-hydrogen) atoms. The molecule has 0 unspecified atom stereocenters. The number of fused-ring (bicyclic) bond motifs is 1. The van der Waals surface area contributed by atoms with Crippen LogP contribution in [0.25, 0.3) is 0 Å². The van der Waals surface area contributed by atoms with Gasteiger partial charge in [-0.3, -0.25) is 14.5 Å². The molecule has 0 saturated heterocycles. The van der Waals surface area contributed by atoms with E-state index in [2.05, 4.69) is 12.2 Å². The first-order valence-corrected chi connectivity index (χ1v) is 9.03. The normalized spacial score (nSPS) is 16.5. The largest absolute Gasteiger partial charge is 0.354 e. The van der Waals surface area contributed by atoms with Gasteiger partial charge in [0, 0.05) is 25.6 Å². The van der Waals surface area contributed by atoms with Crippen LogP contribution < -0.4 is 10.2 Å². The van der Waals surface area contributed by atoms with Crippen molar-refractivity contribution in [3.63, 3.8) is 0 Å². The fourth-order valence-corrected chi connectivity index (χ4v) is 3.58. The van der Waals surface area contributed by atoms with Crippen molar-refractivity contribution in [3.05, 3.63) is 29.8 Å². The summed E-state index contributed by atoms with van der Waals surface area (Å²) in [7, 11) is 0. The van der Waals surface area contributed by atoms with Crippen LogP contribution in [0.4, 0.5) is 5.69 Å². The molecule has 5 heteroatoms. The van der Waals surface area contributed by atoms with Gasteiger partial charge in [0.05, 0.1) is 0 Å². The van der Waals surface area contributed by atoms with Crippen LogP contribution >= 0.6 is 11.8 Å². The van der Waals surface area contributed by atoms with Crippen molar-refractivity contribution in [2.45, 2.75) is 39.2 Å². The molecule has 0 spiro atoms. The van der Waals surface area contributed by atoms with Crippen LogP contribution in [0.1, 0.15) is 32.3 Å².